The van der Waals surface area contributed by atoms with Gasteiger partial charge in [0.05, 0.1) is 0 Å². The average molecular weight is 208 g/mol. The first-order chi connectivity index (χ1) is 7.27. The predicted molar refractivity (Wildman–Crippen MR) is 56.2 cm³/mol. The summed E-state index contributed by atoms with van der Waals surface area (Å²) in [6, 6.07) is 6.15. The fourth-order valence-corrected chi connectivity index (χ4v) is 1.69. The molecule has 1 amide bonds. The number of carbonyl (C=O) groups is 1. The summed E-state index contributed by atoms with van der Waals surface area (Å²) in [6.45, 7) is 2.05. The molecular formula is C11H13FN2O. The number of hydrogen-bond donors (Lipinski definition) is 1. The Kier molecular flexibility index (Phi) is 2.97. The highest BCUT2D eigenvalue weighted by atomic mass is 19.1. The summed E-state index contributed by atoms with van der Waals surface area (Å²) in [6.07, 6.45) is 0.469. The molecule has 0 unspecified atom stereocenters. The molecule has 1 heterocycles. The van der Waals surface area contributed by atoms with Gasteiger partial charge in [-0.15, -0.1) is 0 Å². The van der Waals surface area contributed by atoms with Crippen LogP contribution in [-0.2, 0) is 4.79 Å². The second-order valence-electron chi connectivity index (χ2n) is 3.53. The van der Waals surface area contributed by atoms with Gasteiger partial charge in [0, 0.05) is 31.7 Å². The van der Waals surface area contributed by atoms with E-state index in [-0.39, 0.29) is 11.7 Å². The van der Waals surface area contributed by atoms with E-state index in [1.165, 1.54) is 12.1 Å². The Morgan fingerprint density at radius 2 is 2.20 bits per heavy atom. The average Bonchev–Trinajstić information content (AvgIpc) is 2.43. The van der Waals surface area contributed by atoms with Crippen LogP contribution in [0.2, 0.25) is 0 Å². The second-order valence-corrected chi connectivity index (χ2v) is 3.53. The molecular weight excluding hydrogens is 195 g/mol. The summed E-state index contributed by atoms with van der Waals surface area (Å²) in [4.78, 5) is 13.3. The summed E-state index contributed by atoms with van der Waals surface area (Å²) in [5.41, 5.74) is 0.642. The zero-order valence-electron chi connectivity index (χ0n) is 8.37. The van der Waals surface area contributed by atoms with E-state index in [1.807, 2.05) is 0 Å². The van der Waals surface area contributed by atoms with E-state index in [0.717, 1.165) is 6.54 Å². The zero-order chi connectivity index (χ0) is 10.7. The molecule has 1 aromatic rings. The molecule has 1 fully saturated rings. The molecule has 1 N–H and O–H groups in total. The van der Waals surface area contributed by atoms with E-state index < -0.39 is 0 Å². The van der Waals surface area contributed by atoms with Gasteiger partial charge in [-0.1, -0.05) is 6.07 Å². The van der Waals surface area contributed by atoms with Crippen molar-refractivity contribution in [2.75, 3.05) is 24.5 Å². The molecule has 80 valence electrons. The number of benzene rings is 1. The molecule has 2 rings (SSSR count). The SMILES string of the molecule is O=C1CCNCCN1c1cccc(F)c1. The molecule has 1 aliphatic heterocycles. The first-order valence-electron chi connectivity index (χ1n) is 5.04. The van der Waals surface area contributed by atoms with Crippen molar-refractivity contribution in [2.24, 2.45) is 0 Å². The van der Waals surface area contributed by atoms with Crippen molar-refractivity contribution >= 4 is 11.6 Å². The first-order valence-corrected chi connectivity index (χ1v) is 5.04. The number of amides is 1. The smallest absolute Gasteiger partial charge is 0.228 e. The van der Waals surface area contributed by atoms with E-state index in [4.69, 9.17) is 0 Å². The quantitative estimate of drug-likeness (QED) is 0.751. The Balaban J connectivity index is 2.24. The number of carbonyl (C=O) groups excluding carboxylic acids is 1. The van der Waals surface area contributed by atoms with Crippen molar-refractivity contribution in [1.82, 2.24) is 5.32 Å². The fourth-order valence-electron chi connectivity index (χ4n) is 1.69. The Bertz CT molecular complexity index is 367. The van der Waals surface area contributed by atoms with Crippen LogP contribution in [-0.4, -0.2) is 25.5 Å². The molecule has 0 atom stereocenters. The predicted octanol–water partition coefficient (Wildman–Crippen LogP) is 1.15. The summed E-state index contributed by atoms with van der Waals surface area (Å²) in [7, 11) is 0. The molecule has 15 heavy (non-hydrogen) atoms. The number of nitrogens with zero attached hydrogens (tertiary/aromatic N) is 1. The summed E-state index contributed by atoms with van der Waals surface area (Å²) in [5, 5.41) is 3.14. The van der Waals surface area contributed by atoms with Crippen LogP contribution in [0.1, 0.15) is 6.42 Å². The van der Waals surface area contributed by atoms with Crippen LogP contribution < -0.4 is 10.2 Å². The normalized spacial score (nSPS) is 17.7. The van der Waals surface area contributed by atoms with Crippen LogP contribution in [0, 0.1) is 5.82 Å². The Morgan fingerprint density at radius 1 is 1.33 bits per heavy atom. The standard InChI is InChI=1S/C11H13FN2O/c12-9-2-1-3-10(8-9)14-7-6-13-5-4-11(14)15/h1-3,8,13H,4-7H2. The third-order valence-corrected chi connectivity index (χ3v) is 2.45. The molecule has 0 aromatic heterocycles. The van der Waals surface area contributed by atoms with Gasteiger partial charge in [-0.2, -0.15) is 0 Å². The third-order valence-electron chi connectivity index (χ3n) is 2.45. The Morgan fingerprint density at radius 3 is 3.00 bits per heavy atom. The molecule has 3 nitrogen and oxygen atoms in total. The highest BCUT2D eigenvalue weighted by Crippen LogP contribution is 2.16. The lowest BCUT2D eigenvalue weighted by atomic mass is 10.2. The van der Waals surface area contributed by atoms with Crippen molar-refractivity contribution < 1.29 is 9.18 Å². The largest absolute Gasteiger partial charge is 0.314 e. The van der Waals surface area contributed by atoms with Crippen LogP contribution in [0.25, 0.3) is 0 Å². The van der Waals surface area contributed by atoms with Crippen molar-refractivity contribution in [3.63, 3.8) is 0 Å². The fraction of sp³-hybridized carbons (Fsp3) is 0.364. The Hall–Kier alpha value is -1.42. The summed E-state index contributed by atoms with van der Waals surface area (Å²) in [5.74, 6) is -0.261. The molecule has 0 bridgehead atoms. The van der Waals surface area contributed by atoms with Crippen molar-refractivity contribution in [2.45, 2.75) is 6.42 Å². The van der Waals surface area contributed by atoms with E-state index in [1.54, 1.807) is 17.0 Å². The monoisotopic (exact) mass is 208 g/mol. The van der Waals surface area contributed by atoms with Crippen LogP contribution in [0.3, 0.4) is 0 Å². The van der Waals surface area contributed by atoms with E-state index in [2.05, 4.69) is 5.32 Å². The molecule has 0 aliphatic carbocycles. The van der Waals surface area contributed by atoms with Gasteiger partial charge in [-0.25, -0.2) is 4.39 Å². The Labute approximate surface area is 87.9 Å². The van der Waals surface area contributed by atoms with Gasteiger partial charge >= 0.3 is 0 Å². The van der Waals surface area contributed by atoms with Crippen LogP contribution in [0.4, 0.5) is 10.1 Å². The maximum Gasteiger partial charge on any atom is 0.228 e. The van der Waals surface area contributed by atoms with E-state index in [9.17, 15) is 9.18 Å². The number of nitrogens with one attached hydrogen (secondary N) is 1. The lowest BCUT2D eigenvalue weighted by molar-refractivity contribution is -0.118. The maximum atomic E-state index is 13.0. The second kappa shape index (κ2) is 4.40. The third kappa shape index (κ3) is 2.33. The lowest BCUT2D eigenvalue weighted by Gasteiger charge is -2.20. The van der Waals surface area contributed by atoms with Gasteiger partial charge in [-0.3, -0.25) is 4.79 Å². The topological polar surface area (TPSA) is 32.3 Å². The highest BCUT2D eigenvalue weighted by molar-refractivity contribution is 5.93. The van der Waals surface area contributed by atoms with Gasteiger partial charge in [0.15, 0.2) is 0 Å². The van der Waals surface area contributed by atoms with E-state index >= 15 is 0 Å². The molecule has 0 saturated carbocycles. The molecule has 0 spiro atoms. The molecule has 0 radical (unpaired) electrons. The number of anilines is 1. The van der Waals surface area contributed by atoms with Crippen molar-refractivity contribution in [1.29, 1.82) is 0 Å². The van der Waals surface area contributed by atoms with Gasteiger partial charge in [0.1, 0.15) is 5.82 Å². The summed E-state index contributed by atoms with van der Waals surface area (Å²) >= 11 is 0. The van der Waals surface area contributed by atoms with Crippen LogP contribution in [0.5, 0.6) is 0 Å². The number of halogens is 1. The van der Waals surface area contributed by atoms with Crippen LogP contribution in [0.15, 0.2) is 24.3 Å². The maximum absolute atomic E-state index is 13.0. The minimum absolute atomic E-state index is 0.0469. The molecule has 1 aliphatic rings. The van der Waals surface area contributed by atoms with Gasteiger partial charge in [0.2, 0.25) is 5.91 Å². The number of rotatable bonds is 1. The molecule has 1 aromatic carbocycles. The minimum atomic E-state index is -0.308. The molecule has 1 saturated heterocycles. The van der Waals surface area contributed by atoms with Gasteiger partial charge in [-0.05, 0) is 18.2 Å². The molecule has 4 heteroatoms. The van der Waals surface area contributed by atoms with Gasteiger partial charge < -0.3 is 10.2 Å². The highest BCUT2D eigenvalue weighted by Gasteiger charge is 2.17. The van der Waals surface area contributed by atoms with Crippen LogP contribution >= 0.6 is 0 Å². The van der Waals surface area contributed by atoms with Gasteiger partial charge in [0.25, 0.3) is 0 Å². The first kappa shape index (κ1) is 10.1. The lowest BCUT2D eigenvalue weighted by Crippen LogP contribution is -2.32. The minimum Gasteiger partial charge on any atom is -0.314 e. The van der Waals surface area contributed by atoms with Crippen molar-refractivity contribution in [3.8, 4) is 0 Å². The summed E-state index contributed by atoms with van der Waals surface area (Å²) < 4.78 is 13.0. The number of hydrogen-bond acceptors (Lipinski definition) is 2. The zero-order valence-corrected chi connectivity index (χ0v) is 8.37. The van der Waals surface area contributed by atoms with Crippen molar-refractivity contribution in [3.05, 3.63) is 30.1 Å². The van der Waals surface area contributed by atoms with E-state index in [0.29, 0.717) is 25.2 Å².